The minimum Gasteiger partial charge on any atom is -0.456 e. The summed E-state index contributed by atoms with van der Waals surface area (Å²) >= 11 is 0. The Bertz CT molecular complexity index is 1790. The van der Waals surface area contributed by atoms with Crippen LogP contribution in [0.5, 0.6) is 23.1 Å². The van der Waals surface area contributed by atoms with Gasteiger partial charge in [-0.2, -0.15) is 28.2 Å². The van der Waals surface area contributed by atoms with E-state index in [2.05, 4.69) is 5.10 Å². The molecule has 226 valence electrons. The van der Waals surface area contributed by atoms with Gasteiger partial charge in [-0.05, 0) is 75.4 Å². The summed E-state index contributed by atoms with van der Waals surface area (Å²) in [6, 6.07) is 17.7. The van der Waals surface area contributed by atoms with Crippen LogP contribution < -0.4 is 19.1 Å². The molecule has 1 aliphatic rings. The number of aromatic nitrogens is 2. The van der Waals surface area contributed by atoms with Crippen LogP contribution in [0, 0.1) is 11.3 Å². The van der Waals surface area contributed by atoms with Gasteiger partial charge in [-0.25, -0.2) is 4.79 Å². The van der Waals surface area contributed by atoms with Crippen molar-refractivity contribution in [3.63, 3.8) is 0 Å². The second-order valence-corrected chi connectivity index (χ2v) is 10.6. The van der Waals surface area contributed by atoms with Gasteiger partial charge in [-0.1, -0.05) is 6.07 Å². The number of nitrogens with zero attached hydrogens (tertiary/aromatic N) is 4. The molecular weight excluding hydrogens is 581 g/mol. The largest absolute Gasteiger partial charge is 0.456 e. The van der Waals surface area contributed by atoms with Crippen LogP contribution in [0.1, 0.15) is 52.7 Å². The number of hydrogen-bond acceptors (Lipinski definition) is 8. The predicted octanol–water partition coefficient (Wildman–Crippen LogP) is 6.52. The third-order valence-electron chi connectivity index (χ3n) is 6.31. The van der Waals surface area contributed by atoms with Crippen LogP contribution in [0.2, 0.25) is 0 Å². The topological polar surface area (TPSA) is 116 Å². The maximum atomic E-state index is 13.9. The highest BCUT2D eigenvalue weighted by Gasteiger charge is 2.41. The zero-order valence-electron chi connectivity index (χ0n) is 23.9. The van der Waals surface area contributed by atoms with Crippen molar-refractivity contribution in [2.45, 2.75) is 32.5 Å². The Balaban J connectivity index is 1.49. The first-order valence-corrected chi connectivity index (χ1v) is 13.1. The maximum Gasteiger partial charge on any atom is 0.436 e. The van der Waals surface area contributed by atoms with Crippen molar-refractivity contribution >= 4 is 17.6 Å². The van der Waals surface area contributed by atoms with E-state index in [4.69, 9.17) is 18.9 Å². The molecular formula is C31H25F3N4O6. The van der Waals surface area contributed by atoms with Crippen molar-refractivity contribution in [3.8, 4) is 34.9 Å². The van der Waals surface area contributed by atoms with Gasteiger partial charge in [0.05, 0.1) is 11.3 Å². The molecule has 4 aromatic rings. The van der Waals surface area contributed by atoms with Gasteiger partial charge in [-0.15, -0.1) is 0 Å². The van der Waals surface area contributed by atoms with Crippen molar-refractivity contribution in [2.75, 3.05) is 18.7 Å². The van der Waals surface area contributed by atoms with E-state index in [0.717, 1.165) is 4.68 Å². The second kappa shape index (κ2) is 11.3. The first-order chi connectivity index (χ1) is 20.7. The third kappa shape index (κ3) is 6.14. The number of rotatable bonds is 6. The van der Waals surface area contributed by atoms with Crippen LogP contribution in [-0.2, 0) is 10.9 Å². The molecule has 2 heterocycles. The molecule has 0 N–H and O–H groups in total. The monoisotopic (exact) mass is 606 g/mol. The number of carbonyl (C=O) groups is 2. The number of anilines is 1. The van der Waals surface area contributed by atoms with Crippen molar-refractivity contribution in [1.82, 2.24) is 9.78 Å². The number of hydrogen-bond donors (Lipinski definition) is 0. The minimum absolute atomic E-state index is 0.0263. The van der Waals surface area contributed by atoms with Crippen molar-refractivity contribution in [3.05, 3.63) is 89.1 Å². The highest BCUT2D eigenvalue weighted by Crippen LogP contribution is 2.39. The highest BCUT2D eigenvalue weighted by atomic mass is 19.4. The molecule has 0 aliphatic carbocycles. The second-order valence-electron chi connectivity index (χ2n) is 10.6. The average Bonchev–Trinajstić information content (AvgIpc) is 3.60. The van der Waals surface area contributed by atoms with Crippen LogP contribution in [0.4, 0.5) is 18.9 Å². The van der Waals surface area contributed by atoms with Crippen molar-refractivity contribution < 1.29 is 41.7 Å². The van der Waals surface area contributed by atoms with E-state index in [0.29, 0.717) is 17.2 Å². The average molecular weight is 607 g/mol. The van der Waals surface area contributed by atoms with Gasteiger partial charge in [0, 0.05) is 24.4 Å². The SMILES string of the molecule is CN(C(=O)c1cccc(-n2nc(C(F)(F)F)c(C#N)c2Oc2ccc(C(=O)OC(C)(C)C)cc2)c1)c1ccc2c(c1)OCO2. The molecule has 0 unspecified atom stereocenters. The number of amides is 1. The quantitative estimate of drug-likeness (QED) is 0.228. The van der Waals surface area contributed by atoms with Crippen LogP contribution >= 0.6 is 0 Å². The lowest BCUT2D eigenvalue weighted by atomic mass is 10.1. The Kier molecular flexibility index (Phi) is 7.69. The molecule has 1 amide bonds. The smallest absolute Gasteiger partial charge is 0.436 e. The first kappa shape index (κ1) is 30.0. The zero-order valence-corrected chi connectivity index (χ0v) is 23.9. The van der Waals surface area contributed by atoms with Gasteiger partial charge in [0.15, 0.2) is 17.2 Å². The van der Waals surface area contributed by atoms with E-state index in [1.165, 1.54) is 66.5 Å². The summed E-state index contributed by atoms with van der Waals surface area (Å²) in [6.07, 6.45) is -4.98. The normalized spacial score (nSPS) is 12.4. The molecule has 1 aliphatic heterocycles. The van der Waals surface area contributed by atoms with Gasteiger partial charge < -0.3 is 23.8 Å². The lowest BCUT2D eigenvalue weighted by molar-refractivity contribution is -0.141. The molecule has 0 atom stereocenters. The van der Waals surface area contributed by atoms with E-state index in [9.17, 15) is 28.0 Å². The fraction of sp³-hybridized carbons (Fsp3) is 0.226. The Morgan fingerprint density at radius 1 is 0.977 bits per heavy atom. The molecule has 0 bridgehead atoms. The Hall–Kier alpha value is -5.51. The molecule has 44 heavy (non-hydrogen) atoms. The number of benzene rings is 3. The van der Waals surface area contributed by atoms with Crippen LogP contribution in [0.25, 0.3) is 5.69 Å². The Labute approximate surface area is 249 Å². The molecule has 0 fully saturated rings. The summed E-state index contributed by atoms with van der Waals surface area (Å²) in [7, 11) is 1.53. The number of ether oxygens (including phenoxy) is 4. The van der Waals surface area contributed by atoms with Gasteiger partial charge in [0.1, 0.15) is 23.0 Å². The lowest BCUT2D eigenvalue weighted by Gasteiger charge is -2.19. The summed E-state index contributed by atoms with van der Waals surface area (Å²) in [4.78, 5) is 27.1. The number of carbonyl (C=O) groups excluding carboxylic acids is 2. The van der Waals surface area contributed by atoms with E-state index in [-0.39, 0.29) is 29.4 Å². The lowest BCUT2D eigenvalue weighted by Crippen LogP contribution is -2.26. The van der Waals surface area contributed by atoms with E-state index < -0.39 is 40.8 Å². The number of alkyl halides is 3. The van der Waals surface area contributed by atoms with Gasteiger partial charge in [-0.3, -0.25) is 4.79 Å². The van der Waals surface area contributed by atoms with E-state index in [1.54, 1.807) is 39.0 Å². The number of fused-ring (bicyclic) bond motifs is 1. The molecule has 10 nitrogen and oxygen atoms in total. The summed E-state index contributed by atoms with van der Waals surface area (Å²) in [5, 5.41) is 13.4. The summed E-state index contributed by atoms with van der Waals surface area (Å²) in [5.74, 6) is -0.571. The summed E-state index contributed by atoms with van der Waals surface area (Å²) < 4.78 is 64.4. The minimum atomic E-state index is -4.98. The fourth-order valence-corrected chi connectivity index (χ4v) is 4.25. The molecule has 0 spiro atoms. The zero-order chi connectivity index (χ0) is 31.8. The number of esters is 1. The standard InChI is InChI=1S/C31H25F3N4O6/c1-30(2,3)44-29(40)18-8-11-22(12-9-18)43-28-23(16-35)26(31(32,33)34)36-38(28)21-7-5-6-19(14-21)27(39)37(4)20-10-13-24-25(15-20)42-17-41-24/h5-15H,17H2,1-4H3. The molecule has 0 saturated carbocycles. The van der Waals surface area contributed by atoms with Crippen LogP contribution in [0.3, 0.4) is 0 Å². The highest BCUT2D eigenvalue weighted by molar-refractivity contribution is 6.06. The number of halogens is 3. The maximum absolute atomic E-state index is 13.9. The van der Waals surface area contributed by atoms with E-state index in [1.807, 2.05) is 0 Å². The van der Waals surface area contributed by atoms with Gasteiger partial charge >= 0.3 is 12.1 Å². The fourth-order valence-electron chi connectivity index (χ4n) is 4.25. The Morgan fingerprint density at radius 2 is 1.68 bits per heavy atom. The molecule has 1 aromatic heterocycles. The van der Waals surface area contributed by atoms with Crippen LogP contribution in [-0.4, -0.2) is 41.1 Å². The van der Waals surface area contributed by atoms with Gasteiger partial charge in [0.25, 0.3) is 5.91 Å². The van der Waals surface area contributed by atoms with E-state index >= 15 is 0 Å². The molecule has 5 rings (SSSR count). The number of nitriles is 1. The van der Waals surface area contributed by atoms with Crippen molar-refractivity contribution in [2.24, 2.45) is 0 Å². The molecule has 0 radical (unpaired) electrons. The Morgan fingerprint density at radius 3 is 2.34 bits per heavy atom. The predicted molar refractivity (Wildman–Crippen MR) is 150 cm³/mol. The van der Waals surface area contributed by atoms with Crippen molar-refractivity contribution in [1.29, 1.82) is 5.26 Å². The third-order valence-corrected chi connectivity index (χ3v) is 6.31. The van der Waals surface area contributed by atoms with Gasteiger partial charge in [0.2, 0.25) is 12.7 Å². The molecule has 0 saturated heterocycles. The molecule has 13 heteroatoms. The molecule has 3 aromatic carbocycles. The summed E-state index contributed by atoms with van der Waals surface area (Å²) in [5.41, 5.74) is -2.22. The first-order valence-electron chi connectivity index (χ1n) is 13.1. The van der Waals surface area contributed by atoms with Crippen LogP contribution in [0.15, 0.2) is 66.7 Å². The summed E-state index contributed by atoms with van der Waals surface area (Å²) in [6.45, 7) is 5.20.